The van der Waals surface area contributed by atoms with Crippen molar-refractivity contribution in [1.29, 1.82) is 0 Å². The first-order valence-electron chi connectivity index (χ1n) is 27.0. The molecule has 0 rings (SSSR count). The van der Waals surface area contributed by atoms with E-state index in [0.717, 1.165) is 51.4 Å². The zero-order valence-corrected chi connectivity index (χ0v) is 40.9. The molecule has 0 saturated carbocycles. The quantitative estimate of drug-likeness (QED) is 0.0375. The molecule has 0 aromatic rings. The molecule has 1 N–H and O–H groups in total. The lowest BCUT2D eigenvalue weighted by Gasteiger charge is -2.15. The van der Waals surface area contributed by atoms with Crippen molar-refractivity contribution >= 4 is 11.9 Å². The fourth-order valence-corrected chi connectivity index (χ4v) is 8.09. The van der Waals surface area contributed by atoms with E-state index < -0.39 is 6.10 Å². The minimum Gasteiger partial charge on any atom is -0.462 e. The molecule has 1 atom stereocenters. The molecule has 0 saturated heterocycles. The maximum atomic E-state index is 12.2. The van der Waals surface area contributed by atoms with Crippen LogP contribution in [0.25, 0.3) is 0 Å². The zero-order chi connectivity index (χ0) is 44.2. The van der Waals surface area contributed by atoms with Gasteiger partial charge in [-0.1, -0.05) is 262 Å². The predicted molar refractivity (Wildman–Crippen MR) is 265 cm³/mol. The molecule has 0 fully saturated rings. The van der Waals surface area contributed by atoms with Crippen LogP contribution in [0.15, 0.2) is 36.5 Å². The number of aliphatic hydroxyl groups excluding tert-OH is 1. The van der Waals surface area contributed by atoms with Gasteiger partial charge in [0.15, 0.2) is 6.10 Å². The van der Waals surface area contributed by atoms with Crippen LogP contribution in [0.5, 0.6) is 0 Å². The number of hydrogen-bond donors (Lipinski definition) is 1. The monoisotopic (exact) mass is 857 g/mol. The van der Waals surface area contributed by atoms with E-state index in [2.05, 4.69) is 50.3 Å². The standard InChI is InChI=1S/C56H104O5/c1-3-5-7-9-11-13-14-15-16-17-18-19-20-21-22-23-24-25-26-27-28-29-30-31-32-33-34-35-36-37-38-39-40-41-42-43-45-47-49-51-56(59)61-54(52-57)53-60-55(58)50-48-46-44-12-10-8-6-4-2/h14-15,17-18,20-21,54,57H,3-13,16,19,22-53H2,1-2H3/b15-14-,18-17-,21-20-. The Morgan fingerprint density at radius 3 is 0.984 bits per heavy atom. The van der Waals surface area contributed by atoms with Gasteiger partial charge in [-0.05, 0) is 51.4 Å². The number of hydrogen-bond acceptors (Lipinski definition) is 5. The van der Waals surface area contributed by atoms with Crippen molar-refractivity contribution in [3.63, 3.8) is 0 Å². The Kier molecular flexibility index (Phi) is 50.8. The Hall–Kier alpha value is -1.88. The SMILES string of the molecule is CCCCCCC/C=C\C/C=C\C/C=C\CCCCCCCCCCCCCCCCCCCCCCCCCCC(=O)OC(CO)COC(=O)CCCCCCCCCC. The van der Waals surface area contributed by atoms with Crippen LogP contribution in [-0.4, -0.2) is 36.4 Å². The number of rotatable bonds is 50. The summed E-state index contributed by atoms with van der Waals surface area (Å²) in [6, 6.07) is 0. The van der Waals surface area contributed by atoms with E-state index >= 15 is 0 Å². The van der Waals surface area contributed by atoms with Crippen molar-refractivity contribution in [3.8, 4) is 0 Å². The first-order valence-corrected chi connectivity index (χ1v) is 27.0. The average Bonchev–Trinajstić information content (AvgIpc) is 3.26. The Bertz CT molecular complexity index is 970. The summed E-state index contributed by atoms with van der Waals surface area (Å²) in [6.45, 7) is 4.12. The number of ether oxygens (including phenoxy) is 2. The van der Waals surface area contributed by atoms with Crippen LogP contribution in [-0.2, 0) is 19.1 Å². The van der Waals surface area contributed by atoms with Crippen LogP contribution in [0, 0.1) is 0 Å². The third-order valence-electron chi connectivity index (χ3n) is 12.2. The lowest BCUT2D eigenvalue weighted by molar-refractivity contribution is -0.161. The number of aliphatic hydroxyl groups is 1. The minimum absolute atomic E-state index is 0.0603. The van der Waals surface area contributed by atoms with Crippen molar-refractivity contribution in [3.05, 3.63) is 36.5 Å². The minimum atomic E-state index is -0.764. The van der Waals surface area contributed by atoms with Crippen LogP contribution >= 0.6 is 0 Å². The molecule has 0 bridgehead atoms. The maximum absolute atomic E-state index is 12.2. The molecule has 358 valence electrons. The molecule has 0 radical (unpaired) electrons. The highest BCUT2D eigenvalue weighted by Crippen LogP contribution is 2.17. The fourth-order valence-electron chi connectivity index (χ4n) is 8.09. The van der Waals surface area contributed by atoms with Crippen molar-refractivity contribution in [2.24, 2.45) is 0 Å². The molecule has 0 heterocycles. The largest absolute Gasteiger partial charge is 0.462 e. The summed E-state index contributed by atoms with van der Waals surface area (Å²) in [5.74, 6) is -0.582. The van der Waals surface area contributed by atoms with Crippen LogP contribution < -0.4 is 0 Å². The summed E-state index contributed by atoms with van der Waals surface area (Å²) >= 11 is 0. The zero-order valence-electron chi connectivity index (χ0n) is 40.9. The third kappa shape index (κ3) is 50.6. The fraction of sp³-hybridized carbons (Fsp3) is 0.857. The normalized spacial score (nSPS) is 12.4. The van der Waals surface area contributed by atoms with E-state index in [1.165, 1.54) is 212 Å². The van der Waals surface area contributed by atoms with Gasteiger partial charge in [0.05, 0.1) is 6.61 Å². The van der Waals surface area contributed by atoms with E-state index in [4.69, 9.17) is 9.47 Å². The second-order valence-electron chi connectivity index (χ2n) is 18.3. The summed E-state index contributed by atoms with van der Waals surface area (Å²) in [4.78, 5) is 24.2. The van der Waals surface area contributed by atoms with Crippen LogP contribution in [0.1, 0.15) is 290 Å². The third-order valence-corrected chi connectivity index (χ3v) is 12.2. The van der Waals surface area contributed by atoms with E-state index in [1.807, 2.05) is 0 Å². The molecular formula is C56H104O5. The molecule has 0 amide bonds. The van der Waals surface area contributed by atoms with Gasteiger partial charge in [-0.3, -0.25) is 9.59 Å². The molecule has 5 nitrogen and oxygen atoms in total. The Labute approximate surface area is 380 Å². The van der Waals surface area contributed by atoms with Gasteiger partial charge in [-0.25, -0.2) is 0 Å². The number of unbranched alkanes of at least 4 members (excludes halogenated alkanes) is 36. The number of carbonyl (C=O) groups is 2. The highest BCUT2D eigenvalue weighted by Gasteiger charge is 2.16. The van der Waals surface area contributed by atoms with Gasteiger partial charge in [0.25, 0.3) is 0 Å². The lowest BCUT2D eigenvalue weighted by Crippen LogP contribution is -2.28. The van der Waals surface area contributed by atoms with Gasteiger partial charge >= 0.3 is 11.9 Å². The lowest BCUT2D eigenvalue weighted by atomic mass is 10.0. The predicted octanol–water partition coefficient (Wildman–Crippen LogP) is 17.9. The van der Waals surface area contributed by atoms with Gasteiger partial charge < -0.3 is 14.6 Å². The van der Waals surface area contributed by atoms with Gasteiger partial charge in [0.2, 0.25) is 0 Å². The molecule has 0 aliphatic carbocycles. The van der Waals surface area contributed by atoms with Crippen molar-refractivity contribution in [1.82, 2.24) is 0 Å². The van der Waals surface area contributed by atoms with E-state index in [1.54, 1.807) is 0 Å². The van der Waals surface area contributed by atoms with Crippen LogP contribution in [0.4, 0.5) is 0 Å². The molecule has 0 aliphatic heterocycles. The van der Waals surface area contributed by atoms with Crippen LogP contribution in [0.2, 0.25) is 0 Å². The molecule has 0 aliphatic rings. The van der Waals surface area contributed by atoms with Gasteiger partial charge in [-0.2, -0.15) is 0 Å². The average molecular weight is 857 g/mol. The first-order chi connectivity index (χ1) is 30.1. The molecular weight excluding hydrogens is 753 g/mol. The van der Waals surface area contributed by atoms with Gasteiger partial charge in [0.1, 0.15) is 6.61 Å². The summed E-state index contributed by atoms with van der Waals surface area (Å²) in [7, 11) is 0. The Morgan fingerprint density at radius 1 is 0.377 bits per heavy atom. The molecule has 0 aromatic carbocycles. The Morgan fingerprint density at radius 2 is 0.656 bits per heavy atom. The van der Waals surface area contributed by atoms with Crippen molar-refractivity contribution in [2.75, 3.05) is 13.2 Å². The number of allylic oxidation sites excluding steroid dienone is 6. The van der Waals surface area contributed by atoms with Gasteiger partial charge in [0, 0.05) is 12.8 Å². The van der Waals surface area contributed by atoms with Crippen LogP contribution in [0.3, 0.4) is 0 Å². The highest BCUT2D eigenvalue weighted by atomic mass is 16.6. The Balaban J connectivity index is 3.34. The maximum Gasteiger partial charge on any atom is 0.306 e. The second kappa shape index (κ2) is 52.5. The second-order valence-corrected chi connectivity index (χ2v) is 18.3. The summed E-state index contributed by atoms with van der Waals surface area (Å²) in [6.07, 6.45) is 67.2. The van der Waals surface area contributed by atoms with Gasteiger partial charge in [-0.15, -0.1) is 0 Å². The number of carbonyl (C=O) groups excluding carboxylic acids is 2. The molecule has 0 aromatic heterocycles. The molecule has 0 spiro atoms. The molecule has 61 heavy (non-hydrogen) atoms. The van der Waals surface area contributed by atoms with E-state index in [9.17, 15) is 14.7 Å². The summed E-state index contributed by atoms with van der Waals surface area (Å²) in [5, 5.41) is 9.56. The topological polar surface area (TPSA) is 72.8 Å². The summed E-state index contributed by atoms with van der Waals surface area (Å²) in [5.41, 5.74) is 0. The first kappa shape index (κ1) is 59.1. The van der Waals surface area contributed by atoms with Crippen molar-refractivity contribution < 1.29 is 24.2 Å². The van der Waals surface area contributed by atoms with E-state index in [-0.39, 0.29) is 25.2 Å². The molecule has 5 heteroatoms. The summed E-state index contributed by atoms with van der Waals surface area (Å²) < 4.78 is 10.6. The smallest absolute Gasteiger partial charge is 0.306 e. The number of esters is 2. The highest BCUT2D eigenvalue weighted by molar-refractivity contribution is 5.70. The van der Waals surface area contributed by atoms with Crippen molar-refractivity contribution in [2.45, 2.75) is 296 Å². The molecule has 1 unspecified atom stereocenters. The van der Waals surface area contributed by atoms with E-state index in [0.29, 0.717) is 12.8 Å².